The van der Waals surface area contributed by atoms with Crippen LogP contribution in [0.2, 0.25) is 0 Å². The minimum atomic E-state index is -3.54. The lowest BCUT2D eigenvalue weighted by molar-refractivity contribution is -0.384. The highest BCUT2D eigenvalue weighted by atomic mass is 32.2. The Kier molecular flexibility index (Phi) is 5.92. The van der Waals surface area contributed by atoms with E-state index in [-0.39, 0.29) is 17.2 Å². The molecule has 1 aliphatic rings. The zero-order valence-electron chi connectivity index (χ0n) is 17.2. The van der Waals surface area contributed by atoms with E-state index in [1.165, 1.54) is 12.1 Å². The molecule has 9 nitrogen and oxygen atoms in total. The predicted molar refractivity (Wildman–Crippen MR) is 115 cm³/mol. The molecule has 2 heterocycles. The van der Waals surface area contributed by atoms with Gasteiger partial charge in [0.2, 0.25) is 10.0 Å². The van der Waals surface area contributed by atoms with E-state index in [0.29, 0.717) is 36.7 Å². The molecule has 4 rings (SSSR count). The second-order valence-electron chi connectivity index (χ2n) is 7.43. The van der Waals surface area contributed by atoms with Crippen molar-refractivity contribution in [3.63, 3.8) is 0 Å². The van der Waals surface area contributed by atoms with Crippen LogP contribution >= 0.6 is 0 Å². The van der Waals surface area contributed by atoms with E-state index in [4.69, 9.17) is 4.74 Å². The summed E-state index contributed by atoms with van der Waals surface area (Å²) in [5, 5.41) is 11.0. The van der Waals surface area contributed by atoms with Gasteiger partial charge in [-0.1, -0.05) is 12.5 Å². The summed E-state index contributed by atoms with van der Waals surface area (Å²) in [5.74, 6) is 0.994. The van der Waals surface area contributed by atoms with Gasteiger partial charge in [0.15, 0.2) is 0 Å². The monoisotopic (exact) mass is 444 g/mol. The number of nitro groups is 1. The summed E-state index contributed by atoms with van der Waals surface area (Å²) in [6.45, 7) is 3.80. The first-order chi connectivity index (χ1) is 14.9. The smallest absolute Gasteiger partial charge is 0.273 e. The zero-order valence-corrected chi connectivity index (χ0v) is 18.0. The first kappa shape index (κ1) is 21.3. The molecule has 164 valence electrons. The highest BCUT2D eigenvalue weighted by Crippen LogP contribution is 2.26. The highest BCUT2D eigenvalue weighted by molar-refractivity contribution is 7.89. The number of aromatic nitrogens is 2. The number of fused-ring (bicyclic) bond motifs is 1. The number of nitrogens with zero attached hydrogens (tertiary/aromatic N) is 4. The van der Waals surface area contributed by atoms with E-state index < -0.39 is 14.9 Å². The van der Waals surface area contributed by atoms with Crippen LogP contribution in [-0.4, -0.2) is 40.3 Å². The number of imidazole rings is 1. The van der Waals surface area contributed by atoms with E-state index in [1.807, 2.05) is 11.5 Å². The van der Waals surface area contributed by atoms with Crippen molar-refractivity contribution in [1.29, 1.82) is 0 Å². The molecule has 31 heavy (non-hydrogen) atoms. The molecule has 1 aromatic heterocycles. The van der Waals surface area contributed by atoms with Crippen LogP contribution in [0.25, 0.3) is 11.0 Å². The number of nitro benzene ring substituents is 1. The van der Waals surface area contributed by atoms with Gasteiger partial charge in [-0.25, -0.2) is 13.4 Å². The quantitative estimate of drug-likeness (QED) is 0.406. The molecule has 1 saturated heterocycles. The summed E-state index contributed by atoms with van der Waals surface area (Å²) in [5.41, 5.74) is 1.35. The molecule has 1 fully saturated rings. The van der Waals surface area contributed by atoms with Gasteiger partial charge in [-0.05, 0) is 44.0 Å². The standard InChI is InChI=1S/C21H24N4O5S/c1-2-24-20-10-9-18(31(28,29)23-11-4-3-5-12-23)14-19(20)22-21(24)15-30-17-8-6-7-16(13-17)25(26)27/h6-10,13-14H,2-5,11-12,15H2,1H3. The molecule has 10 heteroatoms. The maximum absolute atomic E-state index is 13.0. The Bertz CT molecular complexity index is 1220. The van der Waals surface area contributed by atoms with Crippen molar-refractivity contribution < 1.29 is 18.1 Å². The van der Waals surface area contributed by atoms with E-state index in [9.17, 15) is 18.5 Å². The minimum absolute atomic E-state index is 0.0472. The fraction of sp³-hybridized carbons (Fsp3) is 0.381. The number of hydrogen-bond acceptors (Lipinski definition) is 6. The molecule has 0 N–H and O–H groups in total. The number of piperidine rings is 1. The fourth-order valence-corrected chi connectivity index (χ4v) is 5.41. The van der Waals surface area contributed by atoms with Crippen molar-refractivity contribution >= 4 is 26.7 Å². The van der Waals surface area contributed by atoms with Gasteiger partial charge < -0.3 is 9.30 Å². The second kappa shape index (κ2) is 8.64. The first-order valence-electron chi connectivity index (χ1n) is 10.3. The van der Waals surface area contributed by atoms with Crippen molar-refractivity contribution in [3.05, 3.63) is 58.4 Å². The Balaban J connectivity index is 1.61. The van der Waals surface area contributed by atoms with E-state index in [0.717, 1.165) is 24.8 Å². The predicted octanol–water partition coefficient (Wildman–Crippen LogP) is 3.72. The number of benzene rings is 2. The van der Waals surface area contributed by atoms with Crippen LogP contribution in [0.3, 0.4) is 0 Å². The Morgan fingerprint density at radius 2 is 1.90 bits per heavy atom. The number of aryl methyl sites for hydroxylation is 1. The van der Waals surface area contributed by atoms with Gasteiger partial charge in [-0.15, -0.1) is 0 Å². The summed E-state index contributed by atoms with van der Waals surface area (Å²) >= 11 is 0. The Hall–Kier alpha value is -2.98. The van der Waals surface area contributed by atoms with Crippen molar-refractivity contribution in [3.8, 4) is 5.75 Å². The van der Waals surface area contributed by atoms with Crippen LogP contribution in [0.4, 0.5) is 5.69 Å². The molecule has 0 amide bonds. The van der Waals surface area contributed by atoms with Gasteiger partial charge in [-0.2, -0.15) is 4.31 Å². The number of non-ortho nitro benzene ring substituents is 1. The topological polar surface area (TPSA) is 108 Å². The second-order valence-corrected chi connectivity index (χ2v) is 9.37. The lowest BCUT2D eigenvalue weighted by atomic mass is 10.2. The first-order valence-corrected chi connectivity index (χ1v) is 11.7. The summed E-state index contributed by atoms with van der Waals surface area (Å²) in [7, 11) is -3.54. The lowest BCUT2D eigenvalue weighted by Gasteiger charge is -2.25. The third-order valence-electron chi connectivity index (χ3n) is 5.46. The van der Waals surface area contributed by atoms with Crippen molar-refractivity contribution in [2.45, 2.75) is 44.2 Å². The van der Waals surface area contributed by atoms with Gasteiger partial charge in [0.25, 0.3) is 5.69 Å². The maximum Gasteiger partial charge on any atom is 0.273 e. The van der Waals surface area contributed by atoms with Crippen LogP contribution in [0.15, 0.2) is 47.4 Å². The molecule has 3 aromatic rings. The SMILES string of the molecule is CCn1c(COc2cccc([N+](=O)[O-])c2)nc2cc(S(=O)(=O)N3CCCCC3)ccc21. The average Bonchev–Trinajstić information content (AvgIpc) is 3.15. The number of sulfonamides is 1. The molecule has 1 aliphatic heterocycles. The zero-order chi connectivity index (χ0) is 22.0. The van der Waals surface area contributed by atoms with Gasteiger partial charge >= 0.3 is 0 Å². The fourth-order valence-electron chi connectivity index (χ4n) is 3.87. The van der Waals surface area contributed by atoms with Crippen LogP contribution in [0, 0.1) is 10.1 Å². The van der Waals surface area contributed by atoms with Crippen LogP contribution in [-0.2, 0) is 23.2 Å². The molecular formula is C21H24N4O5S. The Labute approximate surface area is 180 Å². The van der Waals surface area contributed by atoms with Crippen molar-refractivity contribution in [1.82, 2.24) is 13.9 Å². The number of hydrogen-bond donors (Lipinski definition) is 0. The number of ether oxygens (including phenoxy) is 1. The van der Waals surface area contributed by atoms with Gasteiger partial charge in [-0.3, -0.25) is 10.1 Å². The highest BCUT2D eigenvalue weighted by Gasteiger charge is 2.26. The molecule has 0 spiro atoms. The van der Waals surface area contributed by atoms with Crippen molar-refractivity contribution in [2.75, 3.05) is 13.1 Å². The van der Waals surface area contributed by atoms with Crippen LogP contribution < -0.4 is 4.74 Å². The largest absolute Gasteiger partial charge is 0.485 e. The average molecular weight is 445 g/mol. The Morgan fingerprint density at radius 3 is 2.61 bits per heavy atom. The van der Waals surface area contributed by atoms with Crippen molar-refractivity contribution in [2.24, 2.45) is 0 Å². The third-order valence-corrected chi connectivity index (χ3v) is 7.36. The normalized spacial score (nSPS) is 15.3. The van der Waals surface area contributed by atoms with Gasteiger partial charge in [0.1, 0.15) is 18.2 Å². The van der Waals surface area contributed by atoms with Crippen LogP contribution in [0.1, 0.15) is 32.0 Å². The molecule has 0 radical (unpaired) electrons. The molecule has 0 unspecified atom stereocenters. The molecular weight excluding hydrogens is 420 g/mol. The summed E-state index contributed by atoms with van der Waals surface area (Å²) in [6, 6.07) is 11.0. The summed E-state index contributed by atoms with van der Waals surface area (Å²) in [6.07, 6.45) is 2.82. The molecule has 0 aliphatic carbocycles. The molecule has 0 saturated carbocycles. The van der Waals surface area contributed by atoms with Gasteiger partial charge in [0.05, 0.1) is 26.9 Å². The molecule has 0 atom stereocenters. The number of rotatable bonds is 7. The van der Waals surface area contributed by atoms with E-state index in [1.54, 1.807) is 34.6 Å². The van der Waals surface area contributed by atoms with E-state index >= 15 is 0 Å². The van der Waals surface area contributed by atoms with Crippen LogP contribution in [0.5, 0.6) is 5.75 Å². The van der Waals surface area contributed by atoms with E-state index in [2.05, 4.69) is 4.98 Å². The van der Waals surface area contributed by atoms with Gasteiger partial charge in [0, 0.05) is 25.7 Å². The minimum Gasteiger partial charge on any atom is -0.485 e. The molecule has 0 bridgehead atoms. The summed E-state index contributed by atoms with van der Waals surface area (Å²) in [4.78, 5) is 15.3. The molecule has 2 aromatic carbocycles. The Morgan fingerprint density at radius 1 is 1.13 bits per heavy atom. The third kappa shape index (κ3) is 4.26. The maximum atomic E-state index is 13.0. The summed E-state index contributed by atoms with van der Waals surface area (Å²) < 4.78 is 35.2. The lowest BCUT2D eigenvalue weighted by Crippen LogP contribution is -2.35.